The zero-order valence-corrected chi connectivity index (χ0v) is 13.7. The minimum atomic E-state index is -0.00114. The lowest BCUT2D eigenvalue weighted by molar-refractivity contribution is -0.150. The Morgan fingerprint density at radius 3 is 2.25 bits per heavy atom. The van der Waals surface area contributed by atoms with Crippen molar-refractivity contribution >= 4 is 5.97 Å². The average molecular weight is 285 g/mol. The molecule has 0 aliphatic rings. The van der Waals surface area contributed by atoms with Crippen molar-refractivity contribution in [1.29, 1.82) is 0 Å². The van der Waals surface area contributed by atoms with Crippen molar-refractivity contribution in [2.75, 3.05) is 6.54 Å². The molecule has 0 aliphatic carbocycles. The van der Waals surface area contributed by atoms with Crippen LogP contribution in [-0.4, -0.2) is 18.6 Å². The molecule has 0 spiro atoms. The first-order valence-electron chi connectivity index (χ1n) is 8.64. The van der Waals surface area contributed by atoms with Crippen molar-refractivity contribution in [3.05, 3.63) is 0 Å². The Kier molecular flexibility index (Phi) is 14.4. The molecular formula is C17H35NO2. The van der Waals surface area contributed by atoms with E-state index in [0.29, 0.717) is 6.42 Å². The second kappa shape index (κ2) is 14.8. The molecular weight excluding hydrogens is 250 g/mol. The highest BCUT2D eigenvalue weighted by atomic mass is 16.5. The molecule has 2 N–H and O–H groups in total. The van der Waals surface area contributed by atoms with Crippen molar-refractivity contribution in [2.45, 2.75) is 97.0 Å². The topological polar surface area (TPSA) is 52.3 Å². The molecule has 0 saturated carbocycles. The summed E-state index contributed by atoms with van der Waals surface area (Å²) in [6, 6.07) is 0. The van der Waals surface area contributed by atoms with Crippen LogP contribution in [-0.2, 0) is 9.53 Å². The fourth-order valence-corrected chi connectivity index (χ4v) is 2.39. The van der Waals surface area contributed by atoms with E-state index in [1.54, 1.807) is 0 Å². The maximum Gasteiger partial charge on any atom is 0.306 e. The van der Waals surface area contributed by atoms with E-state index in [-0.39, 0.29) is 12.1 Å². The third-order valence-electron chi connectivity index (χ3n) is 3.62. The smallest absolute Gasteiger partial charge is 0.306 e. The fraction of sp³-hybridized carbons (Fsp3) is 0.941. The maximum absolute atomic E-state index is 11.8. The summed E-state index contributed by atoms with van der Waals surface area (Å²) in [5.74, 6) is -0.00114. The van der Waals surface area contributed by atoms with Crippen LogP contribution < -0.4 is 5.73 Å². The van der Waals surface area contributed by atoms with Gasteiger partial charge in [-0.15, -0.1) is 0 Å². The van der Waals surface area contributed by atoms with Crippen LogP contribution in [0.1, 0.15) is 90.9 Å². The maximum atomic E-state index is 11.8. The molecule has 120 valence electrons. The molecule has 1 atom stereocenters. The summed E-state index contributed by atoms with van der Waals surface area (Å²) in [5.41, 5.74) is 5.45. The number of nitrogens with two attached hydrogens (primary N) is 1. The summed E-state index contributed by atoms with van der Waals surface area (Å²) in [6.07, 6.45) is 13.0. The molecule has 0 aromatic carbocycles. The Morgan fingerprint density at radius 2 is 1.60 bits per heavy atom. The molecule has 0 bridgehead atoms. The van der Waals surface area contributed by atoms with Gasteiger partial charge in [-0.2, -0.15) is 0 Å². The van der Waals surface area contributed by atoms with Crippen LogP contribution in [0.25, 0.3) is 0 Å². The third kappa shape index (κ3) is 12.5. The molecule has 0 aromatic heterocycles. The molecule has 0 fully saturated rings. The Hall–Kier alpha value is -0.570. The normalized spacial score (nSPS) is 12.3. The number of hydrogen-bond acceptors (Lipinski definition) is 3. The first-order valence-corrected chi connectivity index (χ1v) is 8.64. The SMILES string of the molecule is CCCCCC(CCC)OC(=O)CCCCCCCN. The summed E-state index contributed by atoms with van der Waals surface area (Å²) in [6.45, 7) is 5.13. The van der Waals surface area contributed by atoms with E-state index in [1.165, 1.54) is 32.1 Å². The number of esters is 1. The zero-order valence-electron chi connectivity index (χ0n) is 13.7. The summed E-state index contributed by atoms with van der Waals surface area (Å²) in [4.78, 5) is 11.8. The highest BCUT2D eigenvalue weighted by Crippen LogP contribution is 2.14. The van der Waals surface area contributed by atoms with Crippen LogP contribution >= 0.6 is 0 Å². The van der Waals surface area contributed by atoms with Crippen molar-refractivity contribution in [3.8, 4) is 0 Å². The minimum absolute atomic E-state index is 0.00114. The molecule has 20 heavy (non-hydrogen) atoms. The van der Waals surface area contributed by atoms with Gasteiger partial charge < -0.3 is 10.5 Å². The number of ether oxygens (including phenoxy) is 1. The van der Waals surface area contributed by atoms with Gasteiger partial charge in [-0.25, -0.2) is 0 Å². The number of carbonyl (C=O) groups is 1. The fourth-order valence-electron chi connectivity index (χ4n) is 2.39. The highest BCUT2D eigenvalue weighted by Gasteiger charge is 2.12. The van der Waals surface area contributed by atoms with E-state index in [4.69, 9.17) is 10.5 Å². The predicted molar refractivity (Wildman–Crippen MR) is 85.7 cm³/mol. The summed E-state index contributed by atoms with van der Waals surface area (Å²) in [5, 5.41) is 0. The third-order valence-corrected chi connectivity index (χ3v) is 3.62. The lowest BCUT2D eigenvalue weighted by atomic mass is 10.1. The second-order valence-corrected chi connectivity index (χ2v) is 5.70. The summed E-state index contributed by atoms with van der Waals surface area (Å²) >= 11 is 0. The van der Waals surface area contributed by atoms with Gasteiger partial charge in [0, 0.05) is 6.42 Å². The van der Waals surface area contributed by atoms with Crippen molar-refractivity contribution in [2.24, 2.45) is 5.73 Å². The highest BCUT2D eigenvalue weighted by molar-refractivity contribution is 5.69. The number of rotatable bonds is 14. The Morgan fingerprint density at radius 1 is 0.900 bits per heavy atom. The first-order chi connectivity index (χ1) is 9.74. The zero-order chi connectivity index (χ0) is 15.1. The van der Waals surface area contributed by atoms with Crippen molar-refractivity contribution in [1.82, 2.24) is 0 Å². The van der Waals surface area contributed by atoms with Crippen LogP contribution in [0.2, 0.25) is 0 Å². The molecule has 1 unspecified atom stereocenters. The average Bonchev–Trinajstić information content (AvgIpc) is 2.43. The second-order valence-electron chi connectivity index (χ2n) is 5.70. The Bertz CT molecular complexity index is 219. The number of unbranched alkanes of at least 4 members (excludes halogenated alkanes) is 6. The van der Waals surface area contributed by atoms with Crippen LogP contribution in [0.5, 0.6) is 0 Å². The van der Waals surface area contributed by atoms with Crippen LogP contribution in [0, 0.1) is 0 Å². The molecule has 0 aliphatic heterocycles. The molecule has 0 radical (unpaired) electrons. The monoisotopic (exact) mass is 285 g/mol. The lowest BCUT2D eigenvalue weighted by Gasteiger charge is -2.17. The van der Waals surface area contributed by atoms with Crippen LogP contribution in [0.3, 0.4) is 0 Å². The van der Waals surface area contributed by atoms with Crippen LogP contribution in [0.4, 0.5) is 0 Å². The van der Waals surface area contributed by atoms with Gasteiger partial charge in [-0.05, 0) is 38.6 Å². The van der Waals surface area contributed by atoms with Crippen molar-refractivity contribution < 1.29 is 9.53 Å². The molecule has 0 aromatic rings. The molecule has 0 saturated heterocycles. The van der Waals surface area contributed by atoms with Gasteiger partial charge in [0.2, 0.25) is 0 Å². The first kappa shape index (κ1) is 19.4. The molecule has 3 heteroatoms. The summed E-state index contributed by atoms with van der Waals surface area (Å²) in [7, 11) is 0. The van der Waals surface area contributed by atoms with Gasteiger partial charge in [0.05, 0.1) is 0 Å². The molecule has 0 amide bonds. The minimum Gasteiger partial charge on any atom is -0.462 e. The van der Waals surface area contributed by atoms with E-state index in [2.05, 4.69) is 13.8 Å². The van der Waals surface area contributed by atoms with Gasteiger partial charge in [-0.3, -0.25) is 4.79 Å². The standard InChI is InChI=1S/C17H35NO2/c1-3-5-9-13-16(12-4-2)20-17(19)14-10-7-6-8-11-15-18/h16H,3-15,18H2,1-2H3. The molecule has 0 rings (SSSR count). The quantitative estimate of drug-likeness (QED) is 0.375. The van der Waals surface area contributed by atoms with E-state index in [9.17, 15) is 4.79 Å². The van der Waals surface area contributed by atoms with E-state index in [1.807, 2.05) is 0 Å². The number of hydrogen-bond donors (Lipinski definition) is 1. The lowest BCUT2D eigenvalue weighted by Crippen LogP contribution is -2.18. The van der Waals surface area contributed by atoms with Gasteiger partial charge in [-0.1, -0.05) is 52.4 Å². The van der Waals surface area contributed by atoms with E-state index in [0.717, 1.165) is 45.1 Å². The van der Waals surface area contributed by atoms with Gasteiger partial charge in [0.15, 0.2) is 0 Å². The van der Waals surface area contributed by atoms with Gasteiger partial charge >= 0.3 is 5.97 Å². The summed E-state index contributed by atoms with van der Waals surface area (Å²) < 4.78 is 5.61. The van der Waals surface area contributed by atoms with E-state index >= 15 is 0 Å². The van der Waals surface area contributed by atoms with E-state index < -0.39 is 0 Å². The predicted octanol–water partition coefficient (Wildman–Crippen LogP) is 4.58. The van der Waals surface area contributed by atoms with Crippen LogP contribution in [0.15, 0.2) is 0 Å². The number of carbonyl (C=O) groups excluding carboxylic acids is 1. The Balaban J connectivity index is 3.66. The molecule has 3 nitrogen and oxygen atoms in total. The van der Waals surface area contributed by atoms with Gasteiger partial charge in [0.1, 0.15) is 6.10 Å². The van der Waals surface area contributed by atoms with Gasteiger partial charge in [0.25, 0.3) is 0 Å². The van der Waals surface area contributed by atoms with Crippen molar-refractivity contribution in [3.63, 3.8) is 0 Å². The Labute approximate surface area is 125 Å². The largest absolute Gasteiger partial charge is 0.462 e. The molecule has 0 heterocycles.